The Hall–Kier alpha value is -0.903. The van der Waals surface area contributed by atoms with Crippen molar-refractivity contribution in [1.82, 2.24) is 0 Å². The topological polar surface area (TPSA) is 20.2 Å². The zero-order chi connectivity index (χ0) is 18.6. The first kappa shape index (κ1) is 19.8. The molecule has 0 amide bonds. The van der Waals surface area contributed by atoms with Crippen LogP contribution >= 0.6 is 15.9 Å². The van der Waals surface area contributed by atoms with E-state index in [-0.39, 0.29) is 5.04 Å². The quantitative estimate of drug-likeness (QED) is 0.498. The molecule has 3 rings (SSSR count). The van der Waals surface area contributed by atoms with Crippen molar-refractivity contribution < 1.29 is 4.80 Å². The summed E-state index contributed by atoms with van der Waals surface area (Å²) in [4.78, 5) is 12.3. The van der Waals surface area contributed by atoms with Crippen molar-refractivity contribution in [2.24, 2.45) is 11.8 Å². The average Bonchev–Trinajstić information content (AvgIpc) is 2.68. The molecule has 0 aliphatic heterocycles. The summed E-state index contributed by atoms with van der Waals surface area (Å²) in [5.74, 6) is 1.44. The monoisotopic (exact) mass is 430 g/mol. The number of benzene rings is 2. The third kappa shape index (κ3) is 3.85. The zero-order valence-corrected chi connectivity index (χ0v) is 18.6. The second kappa shape index (κ2) is 8.41. The lowest BCUT2D eigenvalue weighted by molar-refractivity contribution is 0.222. The molecule has 1 aliphatic carbocycles. The van der Waals surface area contributed by atoms with Crippen molar-refractivity contribution >= 4 is 34.6 Å². The van der Waals surface area contributed by atoms with Gasteiger partial charge in [-0.05, 0) is 40.1 Å². The highest BCUT2D eigenvalue weighted by molar-refractivity contribution is 9.09. The fourth-order valence-corrected chi connectivity index (χ4v) is 9.52. The van der Waals surface area contributed by atoms with E-state index in [1.807, 2.05) is 12.1 Å². The van der Waals surface area contributed by atoms with Gasteiger partial charge in [-0.15, -0.1) is 0 Å². The van der Waals surface area contributed by atoms with E-state index in [0.717, 1.165) is 28.0 Å². The van der Waals surface area contributed by atoms with Gasteiger partial charge in [-0.25, -0.2) is 0 Å². The summed E-state index contributed by atoms with van der Waals surface area (Å²) in [6.07, 6.45) is 6.40. The molecule has 140 valence electrons. The zero-order valence-electron chi connectivity index (χ0n) is 16.0. The molecule has 1 N–H and O–H groups in total. The molecular formula is C23H31BrOSi. The molecule has 3 heteroatoms. The maximum Gasteiger partial charge on any atom is 0.258 e. The van der Waals surface area contributed by atoms with Gasteiger partial charge in [0.2, 0.25) is 0 Å². The third-order valence-corrected chi connectivity index (χ3v) is 11.7. The molecular weight excluding hydrogens is 400 g/mol. The molecule has 0 aromatic heterocycles. The highest BCUT2D eigenvalue weighted by atomic mass is 79.9. The first-order valence-electron chi connectivity index (χ1n) is 9.88. The van der Waals surface area contributed by atoms with Crippen LogP contribution in [0.4, 0.5) is 0 Å². The second-order valence-electron chi connectivity index (χ2n) is 8.49. The van der Waals surface area contributed by atoms with Gasteiger partial charge in [0.25, 0.3) is 8.32 Å². The number of alkyl halides is 1. The molecule has 0 spiro atoms. The Morgan fingerprint density at radius 3 is 1.81 bits per heavy atom. The molecule has 1 aliphatic rings. The standard InChI is InChI=1S/C23H31BrOSi/c1-23(2,17-19-11-9-10-12-20(19)18-24)26(25,21-13-5-3-6-14-21)22-15-7-4-8-16-22/h3-8,13-16,19-20,25H,9-12,17-18H2,1-2H3/t19-,20-/m0/s1. The van der Waals surface area contributed by atoms with Crippen molar-refractivity contribution in [3.05, 3.63) is 60.7 Å². The van der Waals surface area contributed by atoms with Crippen LogP contribution in [-0.2, 0) is 0 Å². The van der Waals surface area contributed by atoms with Crippen molar-refractivity contribution in [3.63, 3.8) is 0 Å². The molecule has 2 aromatic rings. The van der Waals surface area contributed by atoms with E-state index in [0.29, 0.717) is 5.92 Å². The van der Waals surface area contributed by atoms with Crippen LogP contribution < -0.4 is 10.4 Å². The number of rotatable bonds is 6. The average molecular weight is 431 g/mol. The Bertz CT molecular complexity index is 646. The highest BCUT2D eigenvalue weighted by Gasteiger charge is 2.51. The van der Waals surface area contributed by atoms with Gasteiger partial charge in [0, 0.05) is 5.33 Å². The van der Waals surface area contributed by atoms with Crippen LogP contribution in [0.3, 0.4) is 0 Å². The van der Waals surface area contributed by atoms with Gasteiger partial charge in [0.1, 0.15) is 0 Å². The van der Waals surface area contributed by atoms with Crippen molar-refractivity contribution in [2.45, 2.75) is 51.0 Å². The van der Waals surface area contributed by atoms with Crippen molar-refractivity contribution in [3.8, 4) is 0 Å². The number of hydrogen-bond donors (Lipinski definition) is 1. The maximum atomic E-state index is 12.3. The molecule has 0 radical (unpaired) electrons. The van der Waals surface area contributed by atoms with Crippen LogP contribution in [0.15, 0.2) is 60.7 Å². The Labute approximate surface area is 168 Å². The maximum absolute atomic E-state index is 12.3. The van der Waals surface area contributed by atoms with Crippen LogP contribution in [0.2, 0.25) is 5.04 Å². The van der Waals surface area contributed by atoms with Crippen LogP contribution in [-0.4, -0.2) is 18.4 Å². The Morgan fingerprint density at radius 2 is 1.35 bits per heavy atom. The fourth-order valence-electron chi connectivity index (χ4n) is 4.87. The molecule has 1 fully saturated rings. The fraction of sp³-hybridized carbons (Fsp3) is 0.478. The van der Waals surface area contributed by atoms with Crippen LogP contribution in [0.5, 0.6) is 0 Å². The summed E-state index contributed by atoms with van der Waals surface area (Å²) < 4.78 is 0. The van der Waals surface area contributed by atoms with Gasteiger partial charge < -0.3 is 4.80 Å². The summed E-state index contributed by atoms with van der Waals surface area (Å²) in [5, 5.41) is 3.22. The normalized spacial score (nSPS) is 21.5. The van der Waals surface area contributed by atoms with E-state index < -0.39 is 8.32 Å². The summed E-state index contributed by atoms with van der Waals surface area (Å²) in [6.45, 7) is 4.61. The summed E-state index contributed by atoms with van der Waals surface area (Å²) in [5.41, 5.74) is 0. The van der Waals surface area contributed by atoms with E-state index in [4.69, 9.17) is 0 Å². The highest BCUT2D eigenvalue weighted by Crippen LogP contribution is 2.46. The minimum Gasteiger partial charge on any atom is -0.424 e. The van der Waals surface area contributed by atoms with E-state index in [1.54, 1.807) is 0 Å². The molecule has 1 nitrogen and oxygen atoms in total. The summed E-state index contributed by atoms with van der Waals surface area (Å²) >= 11 is 3.75. The molecule has 0 heterocycles. The van der Waals surface area contributed by atoms with E-state index in [1.165, 1.54) is 25.7 Å². The Morgan fingerprint density at radius 1 is 0.885 bits per heavy atom. The van der Waals surface area contributed by atoms with E-state index in [2.05, 4.69) is 78.3 Å². The predicted octanol–water partition coefficient (Wildman–Crippen LogP) is 5.11. The van der Waals surface area contributed by atoms with Crippen LogP contribution in [0.25, 0.3) is 0 Å². The minimum absolute atomic E-state index is 0.127. The van der Waals surface area contributed by atoms with Gasteiger partial charge in [-0.3, -0.25) is 0 Å². The molecule has 1 saturated carbocycles. The van der Waals surface area contributed by atoms with Crippen molar-refractivity contribution in [1.29, 1.82) is 0 Å². The first-order chi connectivity index (χ1) is 12.5. The first-order valence-corrected chi connectivity index (χ1v) is 13.0. The molecule has 0 saturated heterocycles. The lowest BCUT2D eigenvalue weighted by Gasteiger charge is -2.45. The van der Waals surface area contributed by atoms with E-state index in [9.17, 15) is 4.80 Å². The Balaban J connectivity index is 2.00. The smallest absolute Gasteiger partial charge is 0.258 e. The number of halogens is 1. The molecule has 0 unspecified atom stereocenters. The molecule has 0 bridgehead atoms. The van der Waals surface area contributed by atoms with Gasteiger partial charge in [-0.1, -0.05) is 110 Å². The third-order valence-electron chi connectivity index (χ3n) is 6.40. The second-order valence-corrected chi connectivity index (χ2v) is 13.1. The van der Waals surface area contributed by atoms with Gasteiger partial charge in [-0.2, -0.15) is 0 Å². The minimum atomic E-state index is -2.87. The van der Waals surface area contributed by atoms with Crippen molar-refractivity contribution in [2.75, 3.05) is 5.33 Å². The lowest BCUT2D eigenvalue weighted by atomic mass is 9.76. The SMILES string of the molecule is CC(C)(C[C@@H]1CCCC[C@H]1CBr)[Si](O)(c1ccccc1)c1ccccc1. The predicted molar refractivity (Wildman–Crippen MR) is 118 cm³/mol. The van der Waals surface area contributed by atoms with Gasteiger partial charge in [0.15, 0.2) is 0 Å². The van der Waals surface area contributed by atoms with E-state index >= 15 is 0 Å². The summed E-state index contributed by atoms with van der Waals surface area (Å²) in [7, 11) is -2.87. The Kier molecular flexibility index (Phi) is 6.42. The molecule has 26 heavy (non-hydrogen) atoms. The van der Waals surface area contributed by atoms with Crippen LogP contribution in [0, 0.1) is 11.8 Å². The largest absolute Gasteiger partial charge is 0.424 e. The lowest BCUT2D eigenvalue weighted by Crippen LogP contribution is -2.65. The summed E-state index contributed by atoms with van der Waals surface area (Å²) in [6, 6.07) is 20.8. The van der Waals surface area contributed by atoms with Crippen LogP contribution in [0.1, 0.15) is 46.0 Å². The van der Waals surface area contributed by atoms with Gasteiger partial charge in [0.05, 0.1) is 0 Å². The number of hydrogen-bond acceptors (Lipinski definition) is 1. The molecule has 2 aromatic carbocycles. The molecule has 2 atom stereocenters. The van der Waals surface area contributed by atoms with Gasteiger partial charge >= 0.3 is 0 Å².